The summed E-state index contributed by atoms with van der Waals surface area (Å²) in [5.74, 6) is -0.100. The third-order valence-corrected chi connectivity index (χ3v) is 6.24. The number of nitrogens with two attached hydrogens (primary N) is 1. The van der Waals surface area contributed by atoms with E-state index in [1.807, 2.05) is 69.3 Å². The van der Waals surface area contributed by atoms with Crippen molar-refractivity contribution in [1.82, 2.24) is 9.55 Å². The Morgan fingerprint density at radius 1 is 1.09 bits per heavy atom. The SMILES string of the molecule is CCCN(C(=O)CSc1ccc(C)c(C)c1)c1c(N)n(Cc2ccccc2)c(=O)[nH]c1=O. The van der Waals surface area contributed by atoms with Crippen LogP contribution in [0.5, 0.6) is 0 Å². The van der Waals surface area contributed by atoms with Crippen molar-refractivity contribution in [3.8, 4) is 0 Å². The lowest BCUT2D eigenvalue weighted by Gasteiger charge is -2.24. The van der Waals surface area contributed by atoms with Crippen molar-refractivity contribution in [2.45, 2.75) is 38.6 Å². The number of aryl methyl sites for hydroxylation is 2. The first-order valence-electron chi connectivity index (χ1n) is 10.5. The molecule has 0 aliphatic carbocycles. The van der Waals surface area contributed by atoms with E-state index in [4.69, 9.17) is 5.73 Å². The monoisotopic (exact) mass is 452 g/mol. The summed E-state index contributed by atoms with van der Waals surface area (Å²) in [6.07, 6.45) is 0.636. The Kier molecular flexibility index (Phi) is 7.58. The summed E-state index contributed by atoms with van der Waals surface area (Å²) in [5, 5.41) is 0. The van der Waals surface area contributed by atoms with E-state index in [1.165, 1.54) is 26.8 Å². The lowest BCUT2D eigenvalue weighted by molar-refractivity contribution is -0.116. The van der Waals surface area contributed by atoms with Crippen LogP contribution in [0.4, 0.5) is 11.5 Å². The van der Waals surface area contributed by atoms with Gasteiger partial charge in [-0.25, -0.2) is 4.79 Å². The van der Waals surface area contributed by atoms with Crippen LogP contribution in [0.3, 0.4) is 0 Å². The summed E-state index contributed by atoms with van der Waals surface area (Å²) in [4.78, 5) is 43.0. The third-order valence-electron chi connectivity index (χ3n) is 5.26. The van der Waals surface area contributed by atoms with Crippen LogP contribution in [0.15, 0.2) is 63.0 Å². The van der Waals surface area contributed by atoms with Gasteiger partial charge in [0.2, 0.25) is 5.91 Å². The maximum Gasteiger partial charge on any atom is 0.330 e. The number of rotatable bonds is 8. The number of nitrogens with one attached hydrogen (secondary N) is 1. The smallest absolute Gasteiger partial charge is 0.330 e. The van der Waals surface area contributed by atoms with Crippen molar-refractivity contribution < 1.29 is 4.79 Å². The van der Waals surface area contributed by atoms with Crippen molar-refractivity contribution in [2.24, 2.45) is 0 Å². The molecule has 0 fully saturated rings. The molecule has 3 aromatic rings. The second-order valence-electron chi connectivity index (χ2n) is 7.64. The van der Waals surface area contributed by atoms with Crippen LogP contribution >= 0.6 is 11.8 Å². The molecule has 1 heterocycles. The van der Waals surface area contributed by atoms with Crippen molar-refractivity contribution in [3.05, 3.63) is 86.1 Å². The number of carbonyl (C=O) groups excluding carboxylic acids is 1. The Morgan fingerprint density at radius 3 is 2.47 bits per heavy atom. The highest BCUT2D eigenvalue weighted by atomic mass is 32.2. The highest BCUT2D eigenvalue weighted by Crippen LogP contribution is 2.24. The molecule has 32 heavy (non-hydrogen) atoms. The van der Waals surface area contributed by atoms with E-state index in [-0.39, 0.29) is 29.7 Å². The van der Waals surface area contributed by atoms with Crippen LogP contribution in [-0.2, 0) is 11.3 Å². The molecule has 0 saturated heterocycles. The van der Waals surface area contributed by atoms with Crippen molar-refractivity contribution in [1.29, 1.82) is 0 Å². The fraction of sp³-hybridized carbons (Fsp3) is 0.292. The molecule has 0 aliphatic rings. The van der Waals surface area contributed by atoms with Gasteiger partial charge in [0.25, 0.3) is 5.56 Å². The fourth-order valence-corrected chi connectivity index (χ4v) is 4.24. The Bertz CT molecular complexity index is 1220. The number of nitrogens with zero attached hydrogens (tertiary/aromatic N) is 2. The van der Waals surface area contributed by atoms with Gasteiger partial charge in [0.05, 0.1) is 12.3 Å². The zero-order valence-corrected chi connectivity index (χ0v) is 19.4. The highest BCUT2D eigenvalue weighted by molar-refractivity contribution is 8.00. The molecule has 0 radical (unpaired) electrons. The van der Waals surface area contributed by atoms with Gasteiger partial charge in [-0.1, -0.05) is 43.3 Å². The van der Waals surface area contributed by atoms with E-state index < -0.39 is 11.2 Å². The van der Waals surface area contributed by atoms with Gasteiger partial charge in [-0.05, 0) is 49.1 Å². The van der Waals surface area contributed by atoms with Crippen LogP contribution in [0.25, 0.3) is 0 Å². The number of amides is 1. The zero-order chi connectivity index (χ0) is 23.3. The van der Waals surface area contributed by atoms with Gasteiger partial charge in [-0.2, -0.15) is 0 Å². The molecular weight excluding hydrogens is 424 g/mol. The highest BCUT2D eigenvalue weighted by Gasteiger charge is 2.24. The molecule has 0 bridgehead atoms. The first kappa shape index (κ1) is 23.4. The maximum atomic E-state index is 13.1. The lowest BCUT2D eigenvalue weighted by Crippen LogP contribution is -2.42. The van der Waals surface area contributed by atoms with E-state index in [1.54, 1.807) is 0 Å². The number of aromatic nitrogens is 2. The number of carbonyl (C=O) groups is 1. The van der Waals surface area contributed by atoms with Gasteiger partial charge in [0, 0.05) is 11.4 Å². The molecule has 0 saturated carbocycles. The zero-order valence-electron chi connectivity index (χ0n) is 18.6. The summed E-state index contributed by atoms with van der Waals surface area (Å²) in [6, 6.07) is 15.4. The molecule has 0 spiro atoms. The van der Waals surface area contributed by atoms with E-state index in [0.717, 1.165) is 16.0 Å². The molecule has 1 amide bonds. The molecule has 7 nitrogen and oxygen atoms in total. The second-order valence-corrected chi connectivity index (χ2v) is 8.69. The topological polar surface area (TPSA) is 101 Å². The van der Waals surface area contributed by atoms with Crippen LogP contribution in [0.1, 0.15) is 30.0 Å². The summed E-state index contributed by atoms with van der Waals surface area (Å²) in [7, 11) is 0. The Hall–Kier alpha value is -3.26. The van der Waals surface area contributed by atoms with Crippen LogP contribution in [-0.4, -0.2) is 27.8 Å². The molecule has 0 aliphatic heterocycles. The molecular formula is C24H28N4O3S. The average molecular weight is 453 g/mol. The number of H-pyrrole nitrogens is 1. The average Bonchev–Trinajstić information content (AvgIpc) is 2.77. The Morgan fingerprint density at radius 2 is 1.81 bits per heavy atom. The first-order valence-corrected chi connectivity index (χ1v) is 11.5. The van der Waals surface area contributed by atoms with E-state index in [0.29, 0.717) is 13.0 Å². The minimum absolute atomic E-state index is 0.0133. The van der Waals surface area contributed by atoms with Gasteiger partial charge in [0.15, 0.2) is 5.69 Å². The molecule has 8 heteroatoms. The fourth-order valence-electron chi connectivity index (χ4n) is 3.37. The van der Waals surface area contributed by atoms with Crippen molar-refractivity contribution in [3.63, 3.8) is 0 Å². The predicted octanol–water partition coefficient (Wildman–Crippen LogP) is 3.32. The minimum atomic E-state index is -0.658. The quantitative estimate of drug-likeness (QED) is 0.511. The molecule has 2 aromatic carbocycles. The lowest BCUT2D eigenvalue weighted by atomic mass is 10.1. The summed E-state index contributed by atoms with van der Waals surface area (Å²) < 4.78 is 1.29. The summed E-state index contributed by atoms with van der Waals surface area (Å²) >= 11 is 1.41. The number of aromatic amines is 1. The third kappa shape index (κ3) is 5.31. The van der Waals surface area contributed by atoms with Crippen LogP contribution in [0, 0.1) is 13.8 Å². The normalized spacial score (nSPS) is 10.8. The number of thioether (sulfide) groups is 1. The molecule has 3 N–H and O–H groups in total. The first-order chi connectivity index (χ1) is 15.3. The number of anilines is 2. The summed E-state index contributed by atoms with van der Waals surface area (Å²) in [5.41, 5.74) is 8.25. The molecule has 168 valence electrons. The number of benzene rings is 2. The minimum Gasteiger partial charge on any atom is -0.383 e. The largest absolute Gasteiger partial charge is 0.383 e. The van der Waals surface area contributed by atoms with Gasteiger partial charge in [-0.15, -0.1) is 11.8 Å². The van der Waals surface area contributed by atoms with Crippen molar-refractivity contribution >= 4 is 29.2 Å². The van der Waals surface area contributed by atoms with Crippen molar-refractivity contribution in [2.75, 3.05) is 22.9 Å². The summed E-state index contributed by atoms with van der Waals surface area (Å²) in [6.45, 7) is 6.50. The number of hydrogen-bond donors (Lipinski definition) is 2. The van der Waals surface area contributed by atoms with Gasteiger partial charge in [0.1, 0.15) is 5.82 Å². The maximum absolute atomic E-state index is 13.1. The van der Waals surface area contributed by atoms with Gasteiger partial charge in [-0.3, -0.25) is 19.1 Å². The molecule has 1 aromatic heterocycles. The Labute approximate surface area is 191 Å². The van der Waals surface area contributed by atoms with Gasteiger partial charge >= 0.3 is 5.69 Å². The van der Waals surface area contributed by atoms with E-state index in [9.17, 15) is 14.4 Å². The number of nitrogen functional groups attached to an aromatic ring is 1. The Balaban J connectivity index is 1.91. The van der Waals surface area contributed by atoms with Gasteiger partial charge < -0.3 is 10.6 Å². The predicted molar refractivity (Wildman–Crippen MR) is 131 cm³/mol. The molecule has 0 atom stereocenters. The van der Waals surface area contributed by atoms with Crippen LogP contribution < -0.4 is 21.9 Å². The van der Waals surface area contributed by atoms with E-state index >= 15 is 0 Å². The standard InChI is InChI=1S/C24H28N4O3S/c1-4-12-27(20(29)15-32-19-11-10-16(2)17(3)13-19)21-22(25)28(24(31)26-23(21)30)14-18-8-6-5-7-9-18/h5-11,13H,4,12,14-15,25H2,1-3H3,(H,26,30,31). The second kappa shape index (κ2) is 10.4. The molecule has 0 unspecified atom stereocenters. The van der Waals surface area contributed by atoms with E-state index in [2.05, 4.69) is 4.98 Å². The molecule has 3 rings (SSSR count). The number of hydrogen-bond acceptors (Lipinski definition) is 5. The van der Waals surface area contributed by atoms with Crippen LogP contribution in [0.2, 0.25) is 0 Å².